The quantitative estimate of drug-likeness (QED) is 0.530. The minimum atomic E-state index is -0.334. The first-order valence-electron chi connectivity index (χ1n) is 11.2. The maximum absolute atomic E-state index is 12.8. The zero-order valence-electron chi connectivity index (χ0n) is 19.7. The number of rotatable bonds is 4. The largest absolute Gasteiger partial charge is 0.471 e. The zero-order valence-corrected chi connectivity index (χ0v) is 19.7. The summed E-state index contributed by atoms with van der Waals surface area (Å²) in [5.74, 6) is 0.414. The molecule has 1 aromatic heterocycles. The number of carbonyl (C=O) groups is 1. The predicted octanol–water partition coefficient (Wildman–Crippen LogP) is 4.63. The maximum Gasteiger partial charge on any atom is 0.340 e. The first-order chi connectivity index (χ1) is 15.5. The summed E-state index contributed by atoms with van der Waals surface area (Å²) in [5, 5.41) is 3.31. The molecule has 1 aliphatic heterocycles. The number of aryl methyl sites for hydroxylation is 1. The van der Waals surface area contributed by atoms with Gasteiger partial charge in [-0.15, -0.1) is 0 Å². The molecule has 0 radical (unpaired) electrons. The van der Waals surface area contributed by atoms with E-state index in [1.54, 1.807) is 7.11 Å². The van der Waals surface area contributed by atoms with E-state index in [1.165, 1.54) is 5.57 Å². The summed E-state index contributed by atoms with van der Waals surface area (Å²) in [7, 11) is 3.61. The molecular weight excluding hydrogens is 404 g/mol. The summed E-state index contributed by atoms with van der Waals surface area (Å²) in [4.78, 5) is 16.0. The molecule has 0 saturated carbocycles. The Labute approximate surface area is 190 Å². The molecular formula is C26H34N2O4. The maximum atomic E-state index is 12.8. The Morgan fingerprint density at radius 1 is 1.31 bits per heavy atom. The highest BCUT2D eigenvalue weighted by atomic mass is 16.5. The number of ether oxygens (including phenoxy) is 3. The summed E-state index contributed by atoms with van der Waals surface area (Å²) in [6, 6.07) is 3.86. The number of fused-ring (bicyclic) bond motifs is 2. The molecule has 0 amide bonds. The second-order valence-corrected chi connectivity index (χ2v) is 7.86. The van der Waals surface area contributed by atoms with Gasteiger partial charge in [-0.05, 0) is 82.0 Å². The third-order valence-electron chi connectivity index (χ3n) is 5.87. The number of H-pyrrole nitrogens is 1. The van der Waals surface area contributed by atoms with Crippen molar-refractivity contribution in [2.45, 2.75) is 52.4 Å². The molecule has 6 heteroatoms. The van der Waals surface area contributed by atoms with Gasteiger partial charge in [0.05, 0.1) is 18.3 Å². The van der Waals surface area contributed by atoms with Crippen LogP contribution < -0.4 is 10.1 Å². The van der Waals surface area contributed by atoms with Crippen molar-refractivity contribution in [3.63, 3.8) is 0 Å². The van der Waals surface area contributed by atoms with Crippen LogP contribution in [0.2, 0.25) is 0 Å². The molecule has 1 aliphatic carbocycles. The molecule has 0 bridgehead atoms. The molecule has 0 fully saturated rings. The van der Waals surface area contributed by atoms with Gasteiger partial charge in [-0.2, -0.15) is 0 Å². The fourth-order valence-corrected chi connectivity index (χ4v) is 4.23. The summed E-state index contributed by atoms with van der Waals surface area (Å²) in [6.45, 7) is 5.99. The van der Waals surface area contributed by atoms with E-state index in [2.05, 4.69) is 34.6 Å². The number of aromatic amines is 1. The summed E-state index contributed by atoms with van der Waals surface area (Å²) in [5.41, 5.74) is 5.46. The molecule has 2 heterocycles. The Kier molecular flexibility index (Phi) is 8.31. The van der Waals surface area contributed by atoms with Gasteiger partial charge in [0.25, 0.3) is 0 Å². The first-order valence-corrected chi connectivity index (χ1v) is 11.2. The van der Waals surface area contributed by atoms with Crippen LogP contribution in [0.1, 0.15) is 46.9 Å². The molecule has 2 atom stereocenters. The van der Waals surface area contributed by atoms with Crippen molar-refractivity contribution >= 4 is 5.97 Å². The third kappa shape index (κ3) is 5.31. The molecule has 1 aromatic rings. The number of allylic oxidation sites excluding steroid dienone is 2. The molecule has 32 heavy (non-hydrogen) atoms. The summed E-state index contributed by atoms with van der Waals surface area (Å²) >= 11 is 0. The van der Waals surface area contributed by atoms with E-state index in [0.717, 1.165) is 47.4 Å². The van der Waals surface area contributed by atoms with Crippen LogP contribution in [-0.2, 0) is 15.9 Å². The molecule has 2 N–H and O–H groups in total. The molecule has 0 saturated heterocycles. The van der Waals surface area contributed by atoms with E-state index in [-0.39, 0.29) is 18.3 Å². The minimum absolute atomic E-state index is 0.0828. The van der Waals surface area contributed by atoms with Gasteiger partial charge in [0.15, 0.2) is 6.23 Å². The van der Waals surface area contributed by atoms with Crippen LogP contribution in [0.4, 0.5) is 0 Å². The van der Waals surface area contributed by atoms with Crippen LogP contribution in [0.25, 0.3) is 0 Å². The number of hydrogen-bond acceptors (Lipinski definition) is 5. The van der Waals surface area contributed by atoms with Crippen molar-refractivity contribution in [2.75, 3.05) is 20.8 Å². The van der Waals surface area contributed by atoms with Crippen LogP contribution in [0, 0.1) is 13.8 Å². The smallest absolute Gasteiger partial charge is 0.340 e. The van der Waals surface area contributed by atoms with Gasteiger partial charge in [0.2, 0.25) is 0 Å². The molecule has 3 rings (SSSR count). The van der Waals surface area contributed by atoms with Crippen molar-refractivity contribution in [2.24, 2.45) is 0 Å². The van der Waals surface area contributed by atoms with Gasteiger partial charge in [-0.3, -0.25) is 5.32 Å². The van der Waals surface area contributed by atoms with Gasteiger partial charge >= 0.3 is 5.97 Å². The molecule has 6 nitrogen and oxygen atoms in total. The standard InChI is InChI=1S/C26H34N2O4/c1-6-31-26(29)24-17(2)21-14-13-19-16-20(30-5)10-7-8-11-22(19)25(27-4)32-23(21)12-9-15-28-18(24)3/h7,9-12,15-16,20,25,27-28H,6,8,13-14H2,1-5H3/b10-7?,15-9?,19-16-,21-17?,22-11+,23-12?,24-18?. The molecule has 2 unspecified atom stereocenters. The van der Waals surface area contributed by atoms with Gasteiger partial charge in [0, 0.05) is 24.6 Å². The lowest BCUT2D eigenvalue weighted by atomic mass is 9.90. The predicted molar refractivity (Wildman–Crippen MR) is 126 cm³/mol. The Hall–Kier alpha value is -2.83. The number of likely N-dealkylation sites (N-methyl/N-ethyl adjacent to an activating group) is 1. The number of hydrogen-bond donors (Lipinski definition) is 2. The van der Waals surface area contributed by atoms with E-state index < -0.39 is 0 Å². The lowest BCUT2D eigenvalue weighted by molar-refractivity contribution is 0.0524. The summed E-state index contributed by atoms with van der Waals surface area (Å²) < 4.78 is 17.5. The normalized spacial score (nSPS) is 23.3. The molecule has 2 aliphatic rings. The second kappa shape index (κ2) is 11.2. The van der Waals surface area contributed by atoms with Gasteiger partial charge in [-0.25, -0.2) is 4.79 Å². The second-order valence-electron chi connectivity index (χ2n) is 7.86. The van der Waals surface area contributed by atoms with Crippen molar-refractivity contribution < 1.29 is 19.0 Å². The number of aromatic nitrogens is 1. The third-order valence-corrected chi connectivity index (χ3v) is 5.87. The number of methoxy groups -OCH3 is 1. The molecule has 172 valence electrons. The SMILES string of the molecule is CCOC(=O)c1c(C)[nH]cccc2c(c1C)CCC1=C/C(OC)C=CC/C=C\1C(NC)O2. The first kappa shape index (κ1) is 23.8. The minimum Gasteiger partial charge on any atom is -0.471 e. The number of nitrogens with one attached hydrogen (secondary N) is 2. The lowest BCUT2D eigenvalue weighted by Crippen LogP contribution is -2.35. The van der Waals surface area contributed by atoms with Crippen LogP contribution in [0.5, 0.6) is 5.75 Å². The molecule has 0 aromatic carbocycles. The molecule has 0 spiro atoms. The van der Waals surface area contributed by atoms with Crippen LogP contribution in [0.15, 0.2) is 53.8 Å². The van der Waals surface area contributed by atoms with Crippen LogP contribution in [-0.4, -0.2) is 44.0 Å². The van der Waals surface area contributed by atoms with Gasteiger partial charge in [-0.1, -0.05) is 18.2 Å². The van der Waals surface area contributed by atoms with E-state index in [1.807, 2.05) is 46.1 Å². The van der Waals surface area contributed by atoms with E-state index >= 15 is 0 Å². The van der Waals surface area contributed by atoms with E-state index in [0.29, 0.717) is 12.2 Å². The Morgan fingerprint density at radius 3 is 2.84 bits per heavy atom. The lowest BCUT2D eigenvalue weighted by Gasteiger charge is -2.29. The number of carbonyl (C=O) groups excluding carboxylic acids is 1. The van der Waals surface area contributed by atoms with Crippen LogP contribution >= 0.6 is 0 Å². The zero-order chi connectivity index (χ0) is 23.1. The Bertz CT molecular complexity index is 986. The van der Waals surface area contributed by atoms with Crippen molar-refractivity contribution in [3.05, 3.63) is 76.2 Å². The average molecular weight is 439 g/mol. The van der Waals surface area contributed by atoms with Gasteiger partial charge in [0.1, 0.15) is 5.75 Å². The van der Waals surface area contributed by atoms with Gasteiger partial charge < -0.3 is 19.2 Å². The van der Waals surface area contributed by atoms with Crippen molar-refractivity contribution in [1.82, 2.24) is 10.3 Å². The Balaban J connectivity index is 2.22. The monoisotopic (exact) mass is 438 g/mol. The van der Waals surface area contributed by atoms with Crippen LogP contribution in [0.3, 0.4) is 0 Å². The fourth-order valence-electron chi connectivity index (χ4n) is 4.23. The number of esters is 1. The van der Waals surface area contributed by atoms with E-state index in [4.69, 9.17) is 14.2 Å². The Morgan fingerprint density at radius 2 is 2.12 bits per heavy atom. The van der Waals surface area contributed by atoms with Crippen molar-refractivity contribution in [3.8, 4) is 5.75 Å². The van der Waals surface area contributed by atoms with Crippen molar-refractivity contribution in [1.29, 1.82) is 0 Å². The van der Waals surface area contributed by atoms with E-state index in [9.17, 15) is 4.79 Å². The fraction of sp³-hybridized carbons (Fsp3) is 0.423. The topological polar surface area (TPSA) is 72.6 Å². The highest BCUT2D eigenvalue weighted by Crippen LogP contribution is 2.33. The average Bonchev–Trinajstić information content (AvgIpc) is 2.80. The summed E-state index contributed by atoms with van der Waals surface area (Å²) in [6.07, 6.45) is 12.3. The highest BCUT2D eigenvalue weighted by Gasteiger charge is 2.25. The highest BCUT2D eigenvalue weighted by molar-refractivity contribution is 5.92.